The minimum atomic E-state index is -0.467. The Bertz CT molecular complexity index is 2630. The summed E-state index contributed by atoms with van der Waals surface area (Å²) in [4.78, 5) is 57.4. The van der Waals surface area contributed by atoms with Crippen LogP contribution in [0.25, 0.3) is 22.0 Å². The minimum Gasteiger partial charge on any atom is -0.506 e. The molecule has 0 saturated carbocycles. The summed E-state index contributed by atoms with van der Waals surface area (Å²) in [5, 5.41) is 20.6. The van der Waals surface area contributed by atoms with E-state index < -0.39 is 6.09 Å². The van der Waals surface area contributed by atoms with Gasteiger partial charge in [0.05, 0.1) is 24.7 Å². The van der Waals surface area contributed by atoms with E-state index in [4.69, 9.17) is 9.47 Å². The average Bonchev–Trinajstić information content (AvgIpc) is 3.32. The van der Waals surface area contributed by atoms with Crippen molar-refractivity contribution >= 4 is 40.2 Å². The molecule has 5 aromatic carbocycles. The van der Waals surface area contributed by atoms with E-state index in [9.17, 15) is 24.3 Å². The molecule has 1 fully saturated rings. The summed E-state index contributed by atoms with van der Waals surface area (Å²) in [5.41, 5.74) is 7.45. The quantitative estimate of drug-likeness (QED) is 0.0585. The SMILES string of the molecule is COc1ccc(CNC(=O)Cc2ccc(N(C)C(=O)CCN3CCC(OC(=O)Nc4ccccc4-c4ccccc4)CC3)cc2)cc1CC(C)NCCc1ccc(O)c2[nH]c(=O)ccc12. The van der Waals surface area contributed by atoms with E-state index in [2.05, 4.69) is 38.8 Å². The number of pyridine rings is 1. The summed E-state index contributed by atoms with van der Waals surface area (Å²) in [7, 11) is 3.42. The molecule has 1 unspecified atom stereocenters. The van der Waals surface area contributed by atoms with E-state index in [-0.39, 0.29) is 41.7 Å². The molecule has 1 saturated heterocycles. The molecule has 338 valence electrons. The third-order valence-corrected chi connectivity index (χ3v) is 12.0. The van der Waals surface area contributed by atoms with Crippen LogP contribution < -0.4 is 31.1 Å². The Balaban J connectivity index is 0.805. The van der Waals surface area contributed by atoms with Crippen molar-refractivity contribution in [1.82, 2.24) is 20.5 Å². The number of phenols is 1. The van der Waals surface area contributed by atoms with Crippen molar-refractivity contribution in [3.8, 4) is 22.6 Å². The lowest BCUT2D eigenvalue weighted by atomic mass is 10.0. The number of carbonyl (C=O) groups is 3. The van der Waals surface area contributed by atoms with Crippen LogP contribution in [0.15, 0.2) is 126 Å². The zero-order valence-corrected chi connectivity index (χ0v) is 37.3. The number of hydrogen-bond acceptors (Lipinski definition) is 9. The van der Waals surface area contributed by atoms with E-state index in [0.717, 1.165) is 63.3 Å². The van der Waals surface area contributed by atoms with Crippen LogP contribution in [0.5, 0.6) is 11.5 Å². The molecule has 0 spiro atoms. The molecular weight excluding hydrogens is 821 g/mol. The third kappa shape index (κ3) is 12.6. The second kappa shape index (κ2) is 22.1. The zero-order valence-electron chi connectivity index (χ0n) is 37.3. The van der Waals surface area contributed by atoms with Crippen molar-refractivity contribution in [2.24, 2.45) is 0 Å². The highest BCUT2D eigenvalue weighted by atomic mass is 16.6. The predicted molar refractivity (Wildman–Crippen MR) is 256 cm³/mol. The van der Waals surface area contributed by atoms with Gasteiger partial charge in [0.2, 0.25) is 17.4 Å². The normalized spacial score (nSPS) is 13.5. The maximum atomic E-state index is 13.2. The largest absolute Gasteiger partial charge is 0.506 e. The van der Waals surface area contributed by atoms with E-state index in [1.54, 1.807) is 31.2 Å². The van der Waals surface area contributed by atoms with Crippen molar-refractivity contribution in [3.05, 3.63) is 154 Å². The van der Waals surface area contributed by atoms with Crippen molar-refractivity contribution in [2.75, 3.05) is 50.6 Å². The molecule has 3 amide bonds. The second-order valence-corrected chi connectivity index (χ2v) is 16.6. The third-order valence-electron chi connectivity index (χ3n) is 12.0. The second-order valence-electron chi connectivity index (χ2n) is 16.6. The molecule has 7 rings (SSSR count). The molecule has 1 aliphatic rings. The topological polar surface area (TPSA) is 165 Å². The molecule has 1 aromatic heterocycles. The van der Waals surface area contributed by atoms with Crippen LogP contribution in [-0.2, 0) is 40.1 Å². The van der Waals surface area contributed by atoms with E-state index in [1.165, 1.54) is 6.07 Å². The molecule has 2 heterocycles. The summed E-state index contributed by atoms with van der Waals surface area (Å²) in [6, 6.07) is 37.8. The van der Waals surface area contributed by atoms with Crippen LogP contribution in [0.4, 0.5) is 16.2 Å². The number of aromatic amines is 1. The summed E-state index contributed by atoms with van der Waals surface area (Å²) >= 11 is 0. The maximum absolute atomic E-state index is 13.2. The Morgan fingerprint density at radius 2 is 1.62 bits per heavy atom. The van der Waals surface area contributed by atoms with Gasteiger partial charge in [0.1, 0.15) is 17.6 Å². The number of methoxy groups -OCH3 is 1. The molecule has 13 heteroatoms. The summed E-state index contributed by atoms with van der Waals surface area (Å²) < 4.78 is 11.4. The Hall–Kier alpha value is -6.96. The smallest absolute Gasteiger partial charge is 0.411 e. The number of H-pyrrole nitrogens is 1. The predicted octanol–water partition coefficient (Wildman–Crippen LogP) is 7.60. The Morgan fingerprint density at radius 1 is 0.877 bits per heavy atom. The number of fused-ring (bicyclic) bond motifs is 1. The molecule has 65 heavy (non-hydrogen) atoms. The van der Waals surface area contributed by atoms with Gasteiger partial charge in [0.25, 0.3) is 0 Å². The van der Waals surface area contributed by atoms with Gasteiger partial charge in [-0.15, -0.1) is 0 Å². The number of phenolic OH excluding ortho intramolecular Hbond substituents is 1. The number of aromatic nitrogens is 1. The summed E-state index contributed by atoms with van der Waals surface area (Å²) in [6.45, 7) is 5.25. The molecule has 0 aliphatic carbocycles. The lowest BCUT2D eigenvalue weighted by molar-refractivity contribution is -0.120. The molecule has 6 aromatic rings. The first kappa shape index (κ1) is 46.0. The van der Waals surface area contributed by atoms with E-state index >= 15 is 0 Å². The van der Waals surface area contributed by atoms with Crippen LogP contribution >= 0.6 is 0 Å². The van der Waals surface area contributed by atoms with Gasteiger partial charge in [0, 0.05) is 68.4 Å². The first-order valence-corrected chi connectivity index (χ1v) is 22.2. The molecule has 1 atom stereocenters. The highest BCUT2D eigenvalue weighted by Crippen LogP contribution is 2.29. The molecule has 13 nitrogen and oxygen atoms in total. The van der Waals surface area contributed by atoms with Gasteiger partial charge in [-0.1, -0.05) is 78.9 Å². The number of ether oxygens (including phenoxy) is 2. The molecule has 5 N–H and O–H groups in total. The standard InChI is InChI=1S/C52H58N6O7/c1-35(53-27-23-39-16-20-46(59)51-44(39)19-22-48(60)56-51)31-40-32-37(15-21-47(40)64-3)34-54-49(61)33-36-13-17-41(18-14-36)57(2)50(62)26-30-58-28-24-42(25-29-58)65-52(63)55-45-12-8-7-11-43(45)38-9-5-4-6-10-38/h4-22,32,35,42,53,59H,23-31,33-34H2,1-3H3,(H,54,61)(H,55,63)(H,56,60). The first-order chi connectivity index (χ1) is 31.5. The van der Waals surface area contributed by atoms with Crippen LogP contribution in [0.2, 0.25) is 0 Å². The molecular formula is C52H58N6O7. The van der Waals surface area contributed by atoms with Crippen LogP contribution in [0.1, 0.15) is 48.4 Å². The van der Waals surface area contributed by atoms with Gasteiger partial charge >= 0.3 is 6.09 Å². The Morgan fingerprint density at radius 3 is 2.38 bits per heavy atom. The number of nitrogens with zero attached hydrogens (tertiary/aromatic N) is 2. The molecule has 0 bridgehead atoms. The number of hydrogen-bond donors (Lipinski definition) is 5. The van der Waals surface area contributed by atoms with Crippen LogP contribution in [0.3, 0.4) is 0 Å². The summed E-state index contributed by atoms with van der Waals surface area (Å²) in [5.74, 6) is 0.718. The number of para-hydroxylation sites is 1. The highest BCUT2D eigenvalue weighted by Gasteiger charge is 2.24. The van der Waals surface area contributed by atoms with E-state index in [1.807, 2.05) is 97.1 Å². The van der Waals surface area contributed by atoms with Gasteiger partial charge < -0.3 is 40.0 Å². The highest BCUT2D eigenvalue weighted by molar-refractivity contribution is 5.93. The van der Waals surface area contributed by atoms with Crippen molar-refractivity contribution < 1.29 is 29.0 Å². The van der Waals surface area contributed by atoms with Gasteiger partial charge in [-0.2, -0.15) is 0 Å². The number of nitrogens with one attached hydrogen (secondary N) is 4. The minimum absolute atomic E-state index is 0.00302. The fourth-order valence-corrected chi connectivity index (χ4v) is 8.33. The molecule has 1 aliphatic heterocycles. The van der Waals surface area contributed by atoms with Gasteiger partial charge in [-0.05, 0) is 103 Å². The number of likely N-dealkylation sites (tertiary alicyclic amines) is 1. The van der Waals surface area contributed by atoms with Crippen molar-refractivity contribution in [2.45, 2.75) is 64.1 Å². The maximum Gasteiger partial charge on any atom is 0.411 e. The number of aromatic hydroxyl groups is 1. The summed E-state index contributed by atoms with van der Waals surface area (Å²) in [6.07, 6.45) is 2.71. The molecule has 0 radical (unpaired) electrons. The first-order valence-electron chi connectivity index (χ1n) is 22.2. The number of benzene rings is 5. The van der Waals surface area contributed by atoms with Gasteiger partial charge in [-0.25, -0.2) is 4.79 Å². The number of piperidine rings is 1. The van der Waals surface area contributed by atoms with Crippen LogP contribution in [0, 0.1) is 0 Å². The lowest BCUT2D eigenvalue weighted by Crippen LogP contribution is -2.40. The average molecular weight is 879 g/mol. The monoisotopic (exact) mass is 878 g/mol. The van der Waals surface area contributed by atoms with Gasteiger partial charge in [-0.3, -0.25) is 19.7 Å². The fraction of sp³-hybridized carbons (Fsp3) is 0.308. The van der Waals surface area contributed by atoms with Gasteiger partial charge in [0.15, 0.2) is 0 Å². The van der Waals surface area contributed by atoms with Crippen molar-refractivity contribution in [1.29, 1.82) is 0 Å². The zero-order chi connectivity index (χ0) is 45.7. The number of carbonyl (C=O) groups excluding carboxylic acids is 3. The Labute approximate surface area is 379 Å². The van der Waals surface area contributed by atoms with E-state index in [0.29, 0.717) is 62.9 Å². The number of rotatable bonds is 18. The Kier molecular flexibility index (Phi) is 15.7. The number of amides is 3. The number of anilines is 2. The van der Waals surface area contributed by atoms with Crippen molar-refractivity contribution in [3.63, 3.8) is 0 Å². The fourth-order valence-electron chi connectivity index (χ4n) is 8.33. The van der Waals surface area contributed by atoms with Crippen LogP contribution in [-0.4, -0.2) is 85.4 Å². The lowest BCUT2D eigenvalue weighted by Gasteiger charge is -2.31.